The fraction of sp³-hybridized carbons (Fsp3) is 0. The second-order valence-electron chi connectivity index (χ2n) is 13.8. The number of benzene rings is 10. The molecular weight excluding hydrogens is 689 g/mol. The van der Waals surface area contributed by atoms with Crippen molar-refractivity contribution in [2.24, 2.45) is 0 Å². The molecule has 0 aliphatic rings. The zero-order chi connectivity index (χ0) is 49.0. The molecule has 0 aliphatic heterocycles. The summed E-state index contributed by atoms with van der Waals surface area (Å²) in [7, 11) is 0. The van der Waals surface area contributed by atoms with Crippen molar-refractivity contribution in [2.45, 2.75) is 0 Å². The summed E-state index contributed by atoms with van der Waals surface area (Å²) in [5.74, 6) is 0. The molecule has 0 N–H and O–H groups in total. The van der Waals surface area contributed by atoms with Gasteiger partial charge in [0.15, 0.2) is 0 Å². The molecule has 1 aromatic heterocycles. The van der Waals surface area contributed by atoms with Crippen LogP contribution in [0.15, 0.2) is 222 Å². The first kappa shape index (κ1) is 22.2. The van der Waals surface area contributed by atoms with Gasteiger partial charge in [0.1, 0.15) is 11.2 Å². The summed E-state index contributed by atoms with van der Waals surface area (Å²) in [5.41, 5.74) is 6.92. The minimum Gasteiger partial charge on any atom is -0.455 e. The summed E-state index contributed by atoms with van der Waals surface area (Å²) < 4.78 is 124. The molecule has 1 nitrogen and oxygen atoms in total. The highest BCUT2D eigenvalue weighted by Gasteiger charge is 2.22. The molecule has 11 rings (SSSR count). The lowest BCUT2D eigenvalue weighted by molar-refractivity contribution is 0.671. The van der Waals surface area contributed by atoms with E-state index in [4.69, 9.17) is 16.8 Å². The SMILES string of the molecule is [2H]c1c([2H])c([2H])c(-c2cccc3c2oc2c(-c4ccc(-c5c6c([2H])c([2H])c([2H])c([2H])c6c(-c6c(-c7ccccc7)cccc6-c6ccccc6)c6c([2H])c([2H])c([2H])c([2H])c56)cc4)cccc23)c([2H])c1[2H]. The van der Waals surface area contributed by atoms with Gasteiger partial charge in [-0.3, -0.25) is 0 Å². The molecule has 0 amide bonds. The first-order valence-corrected chi connectivity index (χ1v) is 18.5. The number of hydrogen-bond donors (Lipinski definition) is 0. The van der Waals surface area contributed by atoms with Gasteiger partial charge >= 0.3 is 0 Å². The predicted molar refractivity (Wildman–Crippen MR) is 241 cm³/mol. The first-order valence-electron chi connectivity index (χ1n) is 25.0. The van der Waals surface area contributed by atoms with E-state index in [-0.39, 0.29) is 74.5 Å². The molecule has 0 saturated carbocycles. The first-order chi connectivity index (χ1) is 33.7. The van der Waals surface area contributed by atoms with E-state index in [1.807, 2.05) is 115 Å². The normalized spacial score (nSPS) is 14.7. The number of furan rings is 1. The Morgan fingerprint density at radius 1 is 0.263 bits per heavy atom. The van der Waals surface area contributed by atoms with Crippen LogP contribution >= 0.6 is 0 Å². The number of hydrogen-bond acceptors (Lipinski definition) is 1. The van der Waals surface area contributed by atoms with Gasteiger partial charge in [0.25, 0.3) is 0 Å². The van der Waals surface area contributed by atoms with Crippen molar-refractivity contribution in [1.29, 1.82) is 0 Å². The third-order valence-electron chi connectivity index (χ3n) is 10.6. The van der Waals surface area contributed by atoms with Gasteiger partial charge in [-0.1, -0.05) is 218 Å². The summed E-state index contributed by atoms with van der Waals surface area (Å²) in [6.07, 6.45) is 0. The molecule has 0 unspecified atom stereocenters. The maximum absolute atomic E-state index is 9.67. The maximum Gasteiger partial charge on any atom is 0.143 e. The lowest BCUT2D eigenvalue weighted by atomic mass is 9.81. The van der Waals surface area contributed by atoms with Gasteiger partial charge in [-0.15, -0.1) is 0 Å². The van der Waals surface area contributed by atoms with Crippen molar-refractivity contribution in [3.8, 4) is 66.8 Å². The highest BCUT2D eigenvalue weighted by Crippen LogP contribution is 2.49. The Kier molecular flexibility index (Phi) is 5.32. The summed E-state index contributed by atoms with van der Waals surface area (Å²) in [6.45, 7) is 0. The summed E-state index contributed by atoms with van der Waals surface area (Å²) in [5, 5.41) is 1.77. The van der Waals surface area contributed by atoms with Gasteiger partial charge < -0.3 is 4.42 Å². The molecule has 0 spiro atoms. The largest absolute Gasteiger partial charge is 0.455 e. The lowest BCUT2D eigenvalue weighted by Crippen LogP contribution is -1.95. The van der Waals surface area contributed by atoms with Crippen LogP contribution in [-0.4, -0.2) is 0 Å². The molecule has 0 atom stereocenters. The van der Waals surface area contributed by atoms with E-state index in [0.29, 0.717) is 55.5 Å². The molecule has 0 bridgehead atoms. The monoisotopic (exact) mass is 737 g/mol. The van der Waals surface area contributed by atoms with Crippen LogP contribution in [0, 0.1) is 0 Å². The summed E-state index contributed by atoms with van der Waals surface area (Å²) >= 11 is 0. The topological polar surface area (TPSA) is 13.1 Å². The van der Waals surface area contributed by atoms with Crippen LogP contribution in [0.5, 0.6) is 0 Å². The van der Waals surface area contributed by atoms with Crippen molar-refractivity contribution in [3.05, 3.63) is 218 Å². The van der Waals surface area contributed by atoms with E-state index in [1.54, 1.807) is 24.3 Å². The van der Waals surface area contributed by atoms with E-state index in [2.05, 4.69) is 0 Å². The van der Waals surface area contributed by atoms with Gasteiger partial charge in [0.2, 0.25) is 0 Å². The molecule has 57 heavy (non-hydrogen) atoms. The quantitative estimate of drug-likeness (QED) is 0.155. The third-order valence-corrected chi connectivity index (χ3v) is 10.6. The molecule has 266 valence electrons. The molecule has 0 radical (unpaired) electrons. The fourth-order valence-electron chi connectivity index (χ4n) is 8.15. The molecule has 10 aromatic carbocycles. The Morgan fingerprint density at radius 3 is 1.19 bits per heavy atom. The third kappa shape index (κ3) is 5.47. The van der Waals surface area contributed by atoms with Gasteiger partial charge in [0.05, 0.1) is 17.8 Å². The molecule has 1 heteroatoms. The van der Waals surface area contributed by atoms with Crippen LogP contribution in [0.3, 0.4) is 0 Å². The Labute approximate surface area is 350 Å². The molecular formula is C56H36O. The Morgan fingerprint density at radius 2 is 0.667 bits per heavy atom. The molecule has 1 heterocycles. The second-order valence-corrected chi connectivity index (χ2v) is 13.8. The molecule has 11 aromatic rings. The Balaban J connectivity index is 1.21. The summed E-state index contributed by atoms with van der Waals surface area (Å²) in [4.78, 5) is 0. The Hall–Kier alpha value is -7.48. The van der Waals surface area contributed by atoms with E-state index in [0.717, 1.165) is 16.5 Å². The van der Waals surface area contributed by atoms with Crippen LogP contribution in [0.2, 0.25) is 0 Å². The van der Waals surface area contributed by atoms with Gasteiger partial charge in [-0.05, 0) is 77.2 Å². The molecule has 0 saturated heterocycles. The maximum atomic E-state index is 9.67. The minimum atomic E-state index is -0.499. The smallest absolute Gasteiger partial charge is 0.143 e. The predicted octanol–water partition coefficient (Wildman–Crippen LogP) is 15.9. The second kappa shape index (κ2) is 13.7. The van der Waals surface area contributed by atoms with Gasteiger partial charge in [0, 0.05) is 21.9 Å². The van der Waals surface area contributed by atoms with Crippen molar-refractivity contribution < 1.29 is 22.2 Å². The van der Waals surface area contributed by atoms with Crippen LogP contribution in [0.1, 0.15) is 17.8 Å². The van der Waals surface area contributed by atoms with E-state index in [1.165, 1.54) is 0 Å². The van der Waals surface area contributed by atoms with Crippen LogP contribution < -0.4 is 0 Å². The number of para-hydroxylation sites is 2. The molecule has 0 fully saturated rings. The number of rotatable bonds is 6. The summed E-state index contributed by atoms with van der Waals surface area (Å²) in [6, 6.07) is 37.3. The average molecular weight is 738 g/mol. The van der Waals surface area contributed by atoms with Crippen molar-refractivity contribution in [3.63, 3.8) is 0 Å². The Bertz CT molecular complexity index is 3850. The minimum absolute atomic E-state index is 0.0165. The van der Waals surface area contributed by atoms with Crippen LogP contribution in [0.4, 0.5) is 0 Å². The number of fused-ring (bicyclic) bond motifs is 5. The van der Waals surface area contributed by atoms with Gasteiger partial charge in [-0.25, -0.2) is 0 Å². The zero-order valence-electron chi connectivity index (χ0n) is 43.2. The van der Waals surface area contributed by atoms with Crippen molar-refractivity contribution >= 4 is 43.5 Å². The van der Waals surface area contributed by atoms with Crippen LogP contribution in [-0.2, 0) is 0 Å². The zero-order valence-corrected chi connectivity index (χ0v) is 30.2. The van der Waals surface area contributed by atoms with Crippen molar-refractivity contribution in [1.82, 2.24) is 0 Å². The van der Waals surface area contributed by atoms with E-state index >= 15 is 0 Å². The molecule has 0 aliphatic carbocycles. The highest BCUT2D eigenvalue weighted by molar-refractivity contribution is 6.24. The highest BCUT2D eigenvalue weighted by atomic mass is 16.3. The van der Waals surface area contributed by atoms with E-state index in [9.17, 15) is 5.48 Å². The standard InChI is InChI=1S/C56H36O/c1-4-17-37(18-5-1)42-27-14-28-43(38-19-6-2-7-20-38)53(42)54-48-25-12-10-23-46(48)52(47-24-11-13-26-49(47)54)41-35-33-40(34-36-41)45-30-16-32-51-50-31-15-29-44(55(50)57-56(45)51)39-21-8-3-9-22-39/h1-36H/i3D,8D,9D,10D,11D,12D,13D,21D,22D,23D,24D,25D,26D. The van der Waals surface area contributed by atoms with Crippen molar-refractivity contribution in [2.75, 3.05) is 0 Å². The van der Waals surface area contributed by atoms with E-state index < -0.39 is 42.3 Å². The van der Waals surface area contributed by atoms with Crippen LogP contribution in [0.25, 0.3) is 110 Å². The lowest BCUT2D eigenvalue weighted by Gasteiger charge is -2.22. The van der Waals surface area contributed by atoms with Gasteiger partial charge in [-0.2, -0.15) is 0 Å². The average Bonchev–Trinajstić information content (AvgIpc) is 3.79. The fourth-order valence-corrected chi connectivity index (χ4v) is 8.15.